The van der Waals surface area contributed by atoms with Crippen LogP contribution in [-0.2, 0) is 14.3 Å². The van der Waals surface area contributed by atoms with Crippen molar-refractivity contribution in [2.24, 2.45) is 5.11 Å². The number of hydrogen-bond donors (Lipinski definition) is 5. The first-order chi connectivity index (χ1) is 10.3. The third-order valence-electron chi connectivity index (χ3n) is 2.99. The van der Waals surface area contributed by atoms with E-state index in [-0.39, 0.29) is 0 Å². The number of aliphatic hydroxyl groups excluding tert-OH is 3. The molecule has 1 heterocycles. The van der Waals surface area contributed by atoms with Gasteiger partial charge >= 0.3 is 5.97 Å². The van der Waals surface area contributed by atoms with Crippen LogP contribution in [-0.4, -0.2) is 69.3 Å². The van der Waals surface area contributed by atoms with Gasteiger partial charge in [0.1, 0.15) is 18.3 Å². The van der Waals surface area contributed by atoms with E-state index in [0.717, 1.165) is 13.0 Å². The molecule has 0 aliphatic carbocycles. The van der Waals surface area contributed by atoms with Gasteiger partial charge in [-0.15, -0.1) is 0 Å². The van der Waals surface area contributed by atoms with Gasteiger partial charge in [0.2, 0.25) is 11.7 Å². The van der Waals surface area contributed by atoms with E-state index in [1.54, 1.807) is 0 Å². The number of carbonyl (C=O) groups is 2. The zero-order valence-corrected chi connectivity index (χ0v) is 11.5. The summed E-state index contributed by atoms with van der Waals surface area (Å²) >= 11 is 0. The molecular weight excluding hydrogens is 300 g/mol. The van der Waals surface area contributed by atoms with Crippen molar-refractivity contribution in [1.29, 1.82) is 0 Å². The zero-order chi connectivity index (χ0) is 16.9. The van der Waals surface area contributed by atoms with Crippen LogP contribution in [0.15, 0.2) is 16.9 Å². The van der Waals surface area contributed by atoms with Crippen LogP contribution in [0.5, 0.6) is 0 Å². The molecule has 1 aliphatic rings. The Morgan fingerprint density at radius 3 is 2.64 bits per heavy atom. The SMILES string of the molecule is CC(=O)N[C@H]1[C@H]([C@H](O)[C@H](O)CO)OC(C(=O)O)=C[C@@H]1N=[N+]=[N-]. The Morgan fingerprint density at radius 2 is 2.18 bits per heavy atom. The lowest BCUT2D eigenvalue weighted by molar-refractivity contribution is -0.145. The van der Waals surface area contributed by atoms with Gasteiger partial charge in [-0.3, -0.25) is 4.79 Å². The summed E-state index contributed by atoms with van der Waals surface area (Å²) in [4.78, 5) is 24.8. The fourth-order valence-corrected chi connectivity index (χ4v) is 2.01. The molecule has 0 saturated carbocycles. The number of nitrogens with zero attached hydrogens (tertiary/aromatic N) is 3. The molecular formula is C11H16N4O7. The topological polar surface area (TPSA) is 185 Å². The average molecular weight is 316 g/mol. The highest BCUT2D eigenvalue weighted by Gasteiger charge is 2.43. The summed E-state index contributed by atoms with van der Waals surface area (Å²) < 4.78 is 5.07. The van der Waals surface area contributed by atoms with E-state index in [9.17, 15) is 19.8 Å². The molecule has 0 saturated heterocycles. The van der Waals surface area contributed by atoms with Crippen molar-refractivity contribution in [1.82, 2.24) is 5.32 Å². The molecule has 0 fully saturated rings. The molecule has 22 heavy (non-hydrogen) atoms. The average Bonchev–Trinajstić information content (AvgIpc) is 2.46. The molecule has 5 N–H and O–H groups in total. The van der Waals surface area contributed by atoms with Crippen LogP contribution in [0.3, 0.4) is 0 Å². The van der Waals surface area contributed by atoms with Crippen LogP contribution in [0.25, 0.3) is 10.4 Å². The van der Waals surface area contributed by atoms with Gasteiger partial charge < -0.3 is 30.5 Å². The summed E-state index contributed by atoms with van der Waals surface area (Å²) in [6.07, 6.45) is -3.81. The van der Waals surface area contributed by atoms with Crippen molar-refractivity contribution in [2.45, 2.75) is 37.3 Å². The monoisotopic (exact) mass is 316 g/mol. The van der Waals surface area contributed by atoms with E-state index >= 15 is 0 Å². The van der Waals surface area contributed by atoms with E-state index in [1.165, 1.54) is 0 Å². The first kappa shape index (κ1) is 17.7. The second kappa shape index (κ2) is 7.61. The Bertz CT molecular complexity index is 517. The number of amides is 1. The first-order valence-electron chi connectivity index (χ1n) is 6.21. The molecule has 1 amide bonds. The third-order valence-corrected chi connectivity index (χ3v) is 2.99. The highest BCUT2D eigenvalue weighted by molar-refractivity contribution is 5.84. The maximum atomic E-state index is 11.3. The molecule has 11 nitrogen and oxygen atoms in total. The van der Waals surface area contributed by atoms with Crippen molar-refractivity contribution >= 4 is 11.9 Å². The van der Waals surface area contributed by atoms with Crippen LogP contribution >= 0.6 is 0 Å². The number of carboxylic acids is 1. The Hall–Kier alpha value is -2.33. The van der Waals surface area contributed by atoms with Crippen molar-refractivity contribution in [3.8, 4) is 0 Å². The predicted octanol–water partition coefficient (Wildman–Crippen LogP) is -1.75. The molecule has 5 atom stereocenters. The number of carbonyl (C=O) groups excluding carboxylic acids is 1. The summed E-state index contributed by atoms with van der Waals surface area (Å²) in [6, 6.07) is -2.27. The molecule has 11 heteroatoms. The molecule has 0 unspecified atom stereocenters. The third kappa shape index (κ3) is 4.09. The van der Waals surface area contributed by atoms with Gasteiger partial charge in [0.05, 0.1) is 18.7 Å². The van der Waals surface area contributed by atoms with E-state index in [1.807, 2.05) is 0 Å². The Balaban J connectivity index is 3.23. The summed E-state index contributed by atoms with van der Waals surface area (Å²) in [5.74, 6) is -2.63. The maximum absolute atomic E-state index is 11.3. The zero-order valence-electron chi connectivity index (χ0n) is 11.5. The number of aliphatic hydroxyl groups is 3. The fraction of sp³-hybridized carbons (Fsp3) is 0.636. The van der Waals surface area contributed by atoms with Gasteiger partial charge in [-0.2, -0.15) is 0 Å². The summed E-state index contributed by atoms with van der Waals surface area (Å²) in [5.41, 5.74) is 8.55. The Kier molecular flexibility index (Phi) is 6.13. The predicted molar refractivity (Wildman–Crippen MR) is 70.2 cm³/mol. The lowest BCUT2D eigenvalue weighted by Crippen LogP contribution is -2.59. The van der Waals surface area contributed by atoms with E-state index in [2.05, 4.69) is 15.3 Å². The number of aliphatic carboxylic acids is 1. The smallest absolute Gasteiger partial charge is 0.370 e. The van der Waals surface area contributed by atoms with Gasteiger partial charge in [0, 0.05) is 11.8 Å². The van der Waals surface area contributed by atoms with Crippen LogP contribution in [0.4, 0.5) is 0 Å². The van der Waals surface area contributed by atoms with Gasteiger partial charge in [-0.05, 0) is 11.6 Å². The molecule has 0 spiro atoms. The highest BCUT2D eigenvalue weighted by Crippen LogP contribution is 2.24. The molecule has 1 aliphatic heterocycles. The molecule has 0 aromatic rings. The van der Waals surface area contributed by atoms with Crippen LogP contribution in [0.1, 0.15) is 6.92 Å². The van der Waals surface area contributed by atoms with Crippen LogP contribution in [0.2, 0.25) is 0 Å². The largest absolute Gasteiger partial charge is 0.478 e. The van der Waals surface area contributed by atoms with Crippen LogP contribution < -0.4 is 5.32 Å². The van der Waals surface area contributed by atoms with Gasteiger partial charge in [-0.1, -0.05) is 5.11 Å². The Morgan fingerprint density at radius 1 is 1.55 bits per heavy atom. The number of carboxylic acid groups (broad SMARTS) is 1. The molecule has 1 rings (SSSR count). The number of azide groups is 1. The standard InChI is InChI=1S/C11H16N4O7/c1-4(17)13-8-5(14-15-12)2-7(11(20)21)22-10(8)9(19)6(18)3-16/h2,5-6,8-10,16,18-19H,3H2,1H3,(H,13,17)(H,20,21)/t5-,6+,8+,9+,10+/m0/s1. The van der Waals surface area contributed by atoms with E-state index in [0.29, 0.717) is 0 Å². The molecule has 0 radical (unpaired) electrons. The summed E-state index contributed by atoms with van der Waals surface area (Å²) in [5, 5.41) is 43.1. The minimum atomic E-state index is -1.72. The van der Waals surface area contributed by atoms with Crippen molar-refractivity contribution in [3.05, 3.63) is 22.3 Å². The number of nitrogens with one attached hydrogen (secondary N) is 1. The van der Waals surface area contributed by atoms with Crippen molar-refractivity contribution < 1.29 is 34.8 Å². The van der Waals surface area contributed by atoms with Gasteiger partial charge in [-0.25, -0.2) is 4.79 Å². The number of ether oxygens (including phenoxy) is 1. The van der Waals surface area contributed by atoms with E-state index < -0.39 is 54.6 Å². The lowest BCUT2D eigenvalue weighted by Gasteiger charge is -2.38. The van der Waals surface area contributed by atoms with Crippen molar-refractivity contribution in [3.63, 3.8) is 0 Å². The second-order valence-electron chi connectivity index (χ2n) is 4.58. The quantitative estimate of drug-likeness (QED) is 0.218. The fourth-order valence-electron chi connectivity index (χ4n) is 2.01. The number of hydrogen-bond acceptors (Lipinski definition) is 7. The lowest BCUT2D eigenvalue weighted by atomic mass is 9.92. The minimum absolute atomic E-state index is 0.547. The summed E-state index contributed by atoms with van der Waals surface area (Å²) in [7, 11) is 0. The van der Waals surface area contributed by atoms with Gasteiger partial charge in [0.25, 0.3) is 0 Å². The van der Waals surface area contributed by atoms with Crippen molar-refractivity contribution in [2.75, 3.05) is 6.61 Å². The second-order valence-corrected chi connectivity index (χ2v) is 4.58. The van der Waals surface area contributed by atoms with E-state index in [4.69, 9.17) is 20.5 Å². The first-order valence-corrected chi connectivity index (χ1v) is 6.21. The molecule has 0 bridgehead atoms. The normalized spacial score (nSPS) is 26.7. The Labute approximate surface area is 124 Å². The highest BCUT2D eigenvalue weighted by atomic mass is 16.5. The minimum Gasteiger partial charge on any atom is -0.478 e. The maximum Gasteiger partial charge on any atom is 0.370 e. The molecule has 0 aromatic heterocycles. The summed E-state index contributed by atoms with van der Waals surface area (Å²) in [6.45, 7) is 0.349. The number of rotatable bonds is 6. The molecule has 122 valence electrons. The molecule has 0 aromatic carbocycles. The van der Waals surface area contributed by atoms with Gasteiger partial charge in [0.15, 0.2) is 0 Å². The van der Waals surface area contributed by atoms with Crippen LogP contribution in [0, 0.1) is 0 Å².